The quantitative estimate of drug-likeness (QED) is 0.847. The van der Waals surface area contributed by atoms with Crippen molar-refractivity contribution in [1.82, 2.24) is 10.2 Å². The van der Waals surface area contributed by atoms with Gasteiger partial charge in [0, 0.05) is 13.1 Å². The van der Waals surface area contributed by atoms with Crippen LogP contribution in [0.4, 0.5) is 4.79 Å². The molecule has 2 aliphatic rings. The average Bonchev–Trinajstić information content (AvgIpc) is 2.82. The largest absolute Gasteiger partial charge is 0.444 e. The maximum Gasteiger partial charge on any atom is 0.410 e. The summed E-state index contributed by atoms with van der Waals surface area (Å²) in [5.41, 5.74) is -0.396. The first-order valence-electron chi connectivity index (χ1n) is 8.04. The normalized spacial score (nSPS) is 31.4. The molecule has 4 nitrogen and oxygen atoms in total. The molecule has 20 heavy (non-hydrogen) atoms. The number of rotatable bonds is 2. The first kappa shape index (κ1) is 15.6. The number of carbonyl (C=O) groups excluding carboxylic acids is 1. The van der Waals surface area contributed by atoms with Gasteiger partial charge < -0.3 is 15.0 Å². The molecule has 1 N–H and O–H groups in total. The van der Waals surface area contributed by atoms with Crippen molar-refractivity contribution >= 4 is 6.09 Å². The van der Waals surface area contributed by atoms with Crippen LogP contribution in [0.3, 0.4) is 0 Å². The lowest BCUT2D eigenvalue weighted by molar-refractivity contribution is 0.0102. The molecule has 2 saturated heterocycles. The summed E-state index contributed by atoms with van der Waals surface area (Å²) in [5, 5.41) is 3.44. The molecular weight excluding hydrogens is 252 g/mol. The lowest BCUT2D eigenvalue weighted by Gasteiger charge is -2.38. The second-order valence-corrected chi connectivity index (χ2v) is 7.55. The van der Waals surface area contributed by atoms with Crippen molar-refractivity contribution in [3.05, 3.63) is 0 Å². The van der Waals surface area contributed by atoms with Crippen LogP contribution >= 0.6 is 0 Å². The third-order valence-corrected chi connectivity index (χ3v) is 4.53. The van der Waals surface area contributed by atoms with E-state index >= 15 is 0 Å². The van der Waals surface area contributed by atoms with Gasteiger partial charge in [-0.1, -0.05) is 6.92 Å². The molecule has 1 amide bonds. The minimum absolute atomic E-state index is 0.148. The van der Waals surface area contributed by atoms with Crippen molar-refractivity contribution in [3.63, 3.8) is 0 Å². The van der Waals surface area contributed by atoms with E-state index in [2.05, 4.69) is 12.2 Å². The van der Waals surface area contributed by atoms with Crippen molar-refractivity contribution in [3.8, 4) is 0 Å². The second-order valence-electron chi connectivity index (χ2n) is 7.55. The van der Waals surface area contributed by atoms with Gasteiger partial charge in [0.1, 0.15) is 5.60 Å². The smallest absolute Gasteiger partial charge is 0.410 e. The van der Waals surface area contributed by atoms with Crippen LogP contribution in [0.2, 0.25) is 0 Å². The molecule has 0 aromatic heterocycles. The van der Waals surface area contributed by atoms with E-state index in [1.807, 2.05) is 25.7 Å². The lowest BCUT2D eigenvalue weighted by Crippen LogP contribution is -2.45. The molecule has 2 fully saturated rings. The van der Waals surface area contributed by atoms with Crippen molar-refractivity contribution in [2.75, 3.05) is 26.2 Å². The summed E-state index contributed by atoms with van der Waals surface area (Å²) in [6, 6.07) is 0. The van der Waals surface area contributed by atoms with Crippen LogP contribution in [0, 0.1) is 17.8 Å². The van der Waals surface area contributed by atoms with Gasteiger partial charge in [-0.2, -0.15) is 0 Å². The van der Waals surface area contributed by atoms with Gasteiger partial charge in [0.25, 0.3) is 0 Å². The SMILES string of the molecule is CC1CN(C(=O)OC(C)(C)C)CCC1CC1CCNC1. The number of piperidine rings is 1. The Morgan fingerprint density at radius 2 is 2.10 bits per heavy atom. The Hall–Kier alpha value is -0.770. The molecule has 116 valence electrons. The van der Waals surface area contributed by atoms with E-state index in [1.165, 1.54) is 25.9 Å². The van der Waals surface area contributed by atoms with Crippen LogP contribution in [0.1, 0.15) is 47.0 Å². The van der Waals surface area contributed by atoms with Crippen molar-refractivity contribution < 1.29 is 9.53 Å². The highest BCUT2D eigenvalue weighted by Crippen LogP contribution is 2.31. The van der Waals surface area contributed by atoms with Gasteiger partial charge in [0.2, 0.25) is 0 Å². The number of hydrogen-bond donors (Lipinski definition) is 1. The molecule has 0 aromatic carbocycles. The first-order chi connectivity index (χ1) is 9.35. The molecule has 0 saturated carbocycles. The molecule has 2 heterocycles. The molecule has 0 aromatic rings. The number of amides is 1. The van der Waals surface area contributed by atoms with Gasteiger partial charge in [-0.3, -0.25) is 0 Å². The highest BCUT2D eigenvalue weighted by molar-refractivity contribution is 5.68. The summed E-state index contributed by atoms with van der Waals surface area (Å²) in [6.07, 6.45) is 3.61. The third-order valence-electron chi connectivity index (χ3n) is 4.53. The van der Waals surface area contributed by atoms with Gasteiger partial charge in [0.05, 0.1) is 0 Å². The molecular formula is C16H30N2O2. The molecule has 0 bridgehead atoms. The average molecular weight is 282 g/mol. The highest BCUT2D eigenvalue weighted by Gasteiger charge is 2.32. The maximum atomic E-state index is 12.1. The molecule has 4 heteroatoms. The summed E-state index contributed by atoms with van der Waals surface area (Å²) in [6.45, 7) is 12.1. The van der Waals surface area contributed by atoms with Crippen LogP contribution < -0.4 is 5.32 Å². The minimum Gasteiger partial charge on any atom is -0.444 e. The van der Waals surface area contributed by atoms with E-state index < -0.39 is 5.60 Å². The number of likely N-dealkylation sites (tertiary alicyclic amines) is 1. The Labute approximate surface area is 123 Å². The van der Waals surface area contributed by atoms with Crippen LogP contribution in [0.5, 0.6) is 0 Å². The Morgan fingerprint density at radius 3 is 2.65 bits per heavy atom. The fourth-order valence-corrected chi connectivity index (χ4v) is 3.38. The lowest BCUT2D eigenvalue weighted by atomic mass is 9.80. The summed E-state index contributed by atoms with van der Waals surface area (Å²) in [4.78, 5) is 14.0. The predicted molar refractivity (Wildman–Crippen MR) is 80.7 cm³/mol. The van der Waals surface area contributed by atoms with Gasteiger partial charge in [-0.25, -0.2) is 4.79 Å². The van der Waals surface area contributed by atoms with Crippen molar-refractivity contribution in [1.29, 1.82) is 0 Å². The Morgan fingerprint density at radius 1 is 1.35 bits per heavy atom. The summed E-state index contributed by atoms with van der Waals surface area (Å²) >= 11 is 0. The van der Waals surface area contributed by atoms with Gasteiger partial charge in [-0.05, 0) is 70.9 Å². The zero-order valence-corrected chi connectivity index (χ0v) is 13.4. The van der Waals surface area contributed by atoms with E-state index in [9.17, 15) is 4.79 Å². The van der Waals surface area contributed by atoms with E-state index in [0.29, 0.717) is 5.92 Å². The number of hydrogen-bond acceptors (Lipinski definition) is 3. The van der Waals surface area contributed by atoms with Gasteiger partial charge in [-0.15, -0.1) is 0 Å². The molecule has 3 unspecified atom stereocenters. The second kappa shape index (κ2) is 6.33. The zero-order valence-electron chi connectivity index (χ0n) is 13.4. The summed E-state index contributed by atoms with van der Waals surface area (Å²) in [7, 11) is 0. The van der Waals surface area contributed by atoms with Gasteiger partial charge >= 0.3 is 6.09 Å². The highest BCUT2D eigenvalue weighted by atomic mass is 16.6. The van der Waals surface area contributed by atoms with Crippen molar-refractivity contribution in [2.45, 2.75) is 52.6 Å². The first-order valence-corrected chi connectivity index (χ1v) is 8.04. The number of nitrogens with zero attached hydrogens (tertiary/aromatic N) is 1. The van der Waals surface area contributed by atoms with E-state index in [0.717, 1.165) is 31.3 Å². The topological polar surface area (TPSA) is 41.6 Å². The third kappa shape index (κ3) is 4.37. The van der Waals surface area contributed by atoms with E-state index in [-0.39, 0.29) is 6.09 Å². The monoisotopic (exact) mass is 282 g/mol. The fourth-order valence-electron chi connectivity index (χ4n) is 3.38. The van der Waals surface area contributed by atoms with Crippen LogP contribution in [-0.4, -0.2) is 42.8 Å². The molecule has 3 atom stereocenters. The number of nitrogens with one attached hydrogen (secondary N) is 1. The van der Waals surface area contributed by atoms with Crippen molar-refractivity contribution in [2.24, 2.45) is 17.8 Å². The number of ether oxygens (including phenoxy) is 1. The van der Waals surface area contributed by atoms with E-state index in [1.54, 1.807) is 0 Å². The van der Waals surface area contributed by atoms with E-state index in [4.69, 9.17) is 4.74 Å². The molecule has 0 aliphatic carbocycles. The minimum atomic E-state index is -0.396. The number of carbonyl (C=O) groups is 1. The van der Waals surface area contributed by atoms with Crippen LogP contribution in [0.15, 0.2) is 0 Å². The Balaban J connectivity index is 1.80. The fraction of sp³-hybridized carbons (Fsp3) is 0.938. The van der Waals surface area contributed by atoms with Gasteiger partial charge in [0.15, 0.2) is 0 Å². The molecule has 2 aliphatic heterocycles. The predicted octanol–water partition coefficient (Wildman–Crippen LogP) is 2.88. The Kier molecular flexibility index (Phi) is 4.95. The zero-order chi connectivity index (χ0) is 14.8. The van der Waals surface area contributed by atoms with Crippen LogP contribution in [0.25, 0.3) is 0 Å². The Bertz CT molecular complexity index is 332. The molecule has 0 spiro atoms. The maximum absolute atomic E-state index is 12.1. The standard InChI is InChI=1S/C16H30N2O2/c1-12-11-18(15(19)20-16(2,3)4)8-6-14(12)9-13-5-7-17-10-13/h12-14,17H,5-11H2,1-4H3. The summed E-state index contributed by atoms with van der Waals surface area (Å²) in [5.74, 6) is 2.19. The molecule has 0 radical (unpaired) electrons. The molecule has 2 rings (SSSR count). The summed E-state index contributed by atoms with van der Waals surface area (Å²) < 4.78 is 5.47. The van der Waals surface area contributed by atoms with Crippen LogP contribution in [-0.2, 0) is 4.74 Å².